The number of hydrogen-bond acceptors (Lipinski definition) is 4. The van der Waals surface area contributed by atoms with E-state index in [4.69, 9.17) is 14.2 Å². The lowest BCUT2D eigenvalue weighted by atomic mass is 10.1. The molecular weight excluding hydrogens is 306 g/mol. The third kappa shape index (κ3) is 4.24. The van der Waals surface area contributed by atoms with Gasteiger partial charge in [-0.25, -0.2) is 0 Å². The Bertz CT molecular complexity index is 686. The maximum atomic E-state index is 12.2. The van der Waals surface area contributed by atoms with Crippen LogP contribution in [0.2, 0.25) is 0 Å². The molecule has 0 aliphatic carbocycles. The number of carbonyl (C=O) groups excluding carboxylic acids is 1. The fraction of sp³-hybridized carbons (Fsp3) is 0.421. The maximum absolute atomic E-state index is 12.2. The number of carbonyl (C=O) groups is 1. The van der Waals surface area contributed by atoms with Gasteiger partial charge < -0.3 is 19.5 Å². The number of ether oxygens (including phenoxy) is 3. The third-order valence-corrected chi connectivity index (χ3v) is 4.12. The van der Waals surface area contributed by atoms with Crippen molar-refractivity contribution in [3.05, 3.63) is 42.5 Å². The first-order valence-electron chi connectivity index (χ1n) is 8.36. The summed E-state index contributed by atoms with van der Waals surface area (Å²) < 4.78 is 16.7. The monoisotopic (exact) mass is 329 g/mol. The van der Waals surface area contributed by atoms with Gasteiger partial charge in [0.2, 0.25) is 0 Å². The number of hydrogen-bond donors (Lipinski definition) is 1. The molecule has 0 bridgehead atoms. The van der Waals surface area contributed by atoms with Crippen molar-refractivity contribution in [2.75, 3.05) is 26.4 Å². The molecule has 1 amide bonds. The molecule has 1 saturated heterocycles. The molecule has 1 N–H and O–H groups in total. The fourth-order valence-electron chi connectivity index (χ4n) is 2.91. The van der Waals surface area contributed by atoms with Gasteiger partial charge in [-0.2, -0.15) is 0 Å². The van der Waals surface area contributed by atoms with E-state index in [0.717, 1.165) is 17.2 Å². The molecule has 5 nitrogen and oxygen atoms in total. The van der Waals surface area contributed by atoms with Gasteiger partial charge in [0.05, 0.1) is 12.6 Å². The lowest BCUT2D eigenvalue weighted by molar-refractivity contribution is -0.127. The summed E-state index contributed by atoms with van der Waals surface area (Å²) >= 11 is 0. The third-order valence-electron chi connectivity index (χ3n) is 4.12. The van der Waals surface area contributed by atoms with E-state index in [1.165, 1.54) is 0 Å². The number of benzene rings is 2. The summed E-state index contributed by atoms with van der Waals surface area (Å²) in [4.78, 5) is 12.2. The van der Waals surface area contributed by atoms with Gasteiger partial charge in [0.15, 0.2) is 6.61 Å². The zero-order chi connectivity index (χ0) is 16.8. The van der Waals surface area contributed by atoms with Crippen LogP contribution in [0, 0.1) is 0 Å². The van der Waals surface area contributed by atoms with Crippen LogP contribution in [0.15, 0.2) is 42.5 Å². The second-order valence-corrected chi connectivity index (χ2v) is 5.83. The molecule has 1 fully saturated rings. The van der Waals surface area contributed by atoms with Crippen molar-refractivity contribution in [1.29, 1.82) is 0 Å². The molecule has 0 aromatic heterocycles. The first kappa shape index (κ1) is 16.7. The predicted octanol–water partition coefficient (Wildman–Crippen LogP) is 2.53. The molecule has 128 valence electrons. The molecule has 1 aliphatic heterocycles. The largest absolute Gasteiger partial charge is 0.484 e. The first-order valence-corrected chi connectivity index (χ1v) is 8.36. The van der Waals surface area contributed by atoms with E-state index in [2.05, 4.69) is 5.32 Å². The molecule has 2 aromatic carbocycles. The standard InChI is InChI=1S/C19H23NO4/c1-2-23-18-12-22-10-9-17(18)20-19(21)13-24-16-8-7-14-5-3-4-6-15(14)11-16/h3-8,11,17-18H,2,9-10,12-13H2,1H3,(H,20,21)/t17-,18-/m1/s1. The SMILES string of the molecule is CCO[C@@H]1COCC[C@H]1NC(=O)COc1ccc2ccccc2c1. The van der Waals surface area contributed by atoms with E-state index in [1.807, 2.05) is 49.4 Å². The molecule has 24 heavy (non-hydrogen) atoms. The van der Waals surface area contributed by atoms with Crippen LogP contribution in [-0.2, 0) is 14.3 Å². The van der Waals surface area contributed by atoms with Crippen LogP contribution in [0.1, 0.15) is 13.3 Å². The average Bonchev–Trinajstić information content (AvgIpc) is 2.62. The summed E-state index contributed by atoms with van der Waals surface area (Å²) in [6.07, 6.45) is 0.667. The van der Waals surface area contributed by atoms with Crippen molar-refractivity contribution < 1.29 is 19.0 Å². The molecule has 0 unspecified atom stereocenters. The molecule has 2 aromatic rings. The van der Waals surface area contributed by atoms with Crippen molar-refractivity contribution in [2.24, 2.45) is 0 Å². The second kappa shape index (κ2) is 8.13. The van der Waals surface area contributed by atoms with Crippen molar-refractivity contribution in [2.45, 2.75) is 25.5 Å². The minimum atomic E-state index is -0.139. The van der Waals surface area contributed by atoms with Crippen LogP contribution in [0.25, 0.3) is 10.8 Å². The van der Waals surface area contributed by atoms with Gasteiger partial charge >= 0.3 is 0 Å². The smallest absolute Gasteiger partial charge is 0.258 e. The van der Waals surface area contributed by atoms with Gasteiger partial charge in [0.1, 0.15) is 11.9 Å². The minimum absolute atomic E-state index is 0.00541. The Morgan fingerprint density at radius 3 is 2.92 bits per heavy atom. The maximum Gasteiger partial charge on any atom is 0.258 e. The zero-order valence-electron chi connectivity index (χ0n) is 13.9. The summed E-state index contributed by atoms with van der Waals surface area (Å²) in [5, 5.41) is 5.24. The molecule has 2 atom stereocenters. The van der Waals surface area contributed by atoms with E-state index in [-0.39, 0.29) is 24.7 Å². The van der Waals surface area contributed by atoms with Gasteiger partial charge in [-0.1, -0.05) is 30.3 Å². The minimum Gasteiger partial charge on any atom is -0.484 e. The molecule has 1 aliphatic rings. The molecule has 0 saturated carbocycles. The van der Waals surface area contributed by atoms with Gasteiger partial charge in [-0.3, -0.25) is 4.79 Å². The lowest BCUT2D eigenvalue weighted by Gasteiger charge is -2.31. The van der Waals surface area contributed by atoms with E-state index in [0.29, 0.717) is 25.6 Å². The van der Waals surface area contributed by atoms with Crippen LogP contribution >= 0.6 is 0 Å². The highest BCUT2D eigenvalue weighted by molar-refractivity contribution is 5.84. The Morgan fingerprint density at radius 2 is 2.08 bits per heavy atom. The second-order valence-electron chi connectivity index (χ2n) is 5.83. The Kier molecular flexibility index (Phi) is 5.67. The quantitative estimate of drug-likeness (QED) is 0.885. The van der Waals surface area contributed by atoms with Gasteiger partial charge in [-0.05, 0) is 36.2 Å². The van der Waals surface area contributed by atoms with Crippen molar-refractivity contribution in [3.8, 4) is 5.75 Å². The summed E-state index contributed by atoms with van der Waals surface area (Å²) in [7, 11) is 0. The molecule has 0 radical (unpaired) electrons. The number of nitrogens with one attached hydrogen (secondary N) is 1. The van der Waals surface area contributed by atoms with Crippen LogP contribution in [0.4, 0.5) is 0 Å². The number of rotatable bonds is 6. The molecule has 3 rings (SSSR count). The van der Waals surface area contributed by atoms with Crippen LogP contribution in [-0.4, -0.2) is 44.5 Å². The van der Waals surface area contributed by atoms with Gasteiger partial charge in [0.25, 0.3) is 5.91 Å². The van der Waals surface area contributed by atoms with Gasteiger partial charge in [-0.15, -0.1) is 0 Å². The summed E-state index contributed by atoms with van der Waals surface area (Å²) in [6, 6.07) is 13.9. The Balaban J connectivity index is 1.54. The summed E-state index contributed by atoms with van der Waals surface area (Å²) in [5.41, 5.74) is 0. The highest BCUT2D eigenvalue weighted by Crippen LogP contribution is 2.20. The summed E-state index contributed by atoms with van der Waals surface area (Å²) in [6.45, 7) is 3.70. The fourth-order valence-corrected chi connectivity index (χ4v) is 2.91. The molecule has 1 heterocycles. The van der Waals surface area contributed by atoms with Crippen LogP contribution in [0.5, 0.6) is 5.75 Å². The van der Waals surface area contributed by atoms with Crippen molar-refractivity contribution in [3.63, 3.8) is 0 Å². The highest BCUT2D eigenvalue weighted by atomic mass is 16.5. The summed E-state index contributed by atoms with van der Waals surface area (Å²) in [5.74, 6) is 0.553. The van der Waals surface area contributed by atoms with Crippen molar-refractivity contribution >= 4 is 16.7 Å². The highest BCUT2D eigenvalue weighted by Gasteiger charge is 2.27. The van der Waals surface area contributed by atoms with Crippen LogP contribution < -0.4 is 10.1 Å². The normalized spacial score (nSPS) is 20.7. The van der Waals surface area contributed by atoms with E-state index < -0.39 is 0 Å². The molecular formula is C19H23NO4. The molecule has 5 heteroatoms. The average molecular weight is 329 g/mol. The van der Waals surface area contributed by atoms with E-state index in [1.54, 1.807) is 0 Å². The Labute approximate surface area is 141 Å². The van der Waals surface area contributed by atoms with Gasteiger partial charge in [0, 0.05) is 13.2 Å². The van der Waals surface area contributed by atoms with Crippen molar-refractivity contribution in [1.82, 2.24) is 5.32 Å². The van der Waals surface area contributed by atoms with Crippen LogP contribution in [0.3, 0.4) is 0 Å². The lowest BCUT2D eigenvalue weighted by Crippen LogP contribution is -2.51. The zero-order valence-corrected chi connectivity index (χ0v) is 13.9. The topological polar surface area (TPSA) is 56.8 Å². The predicted molar refractivity (Wildman–Crippen MR) is 92.2 cm³/mol. The van der Waals surface area contributed by atoms with E-state index >= 15 is 0 Å². The van der Waals surface area contributed by atoms with E-state index in [9.17, 15) is 4.79 Å². The number of fused-ring (bicyclic) bond motifs is 1. The number of amides is 1. The molecule has 0 spiro atoms. The Morgan fingerprint density at radius 1 is 1.25 bits per heavy atom. The Hall–Kier alpha value is -2.11. The first-order chi connectivity index (χ1) is 11.8.